The number of nitrogens with zero attached hydrogens (tertiary/aromatic N) is 4. The normalized spacial score (nSPS) is 24.4. The predicted octanol–water partition coefficient (Wildman–Crippen LogP) is 2.21. The Morgan fingerprint density at radius 3 is 2.77 bits per heavy atom. The highest BCUT2D eigenvalue weighted by molar-refractivity contribution is 5.85. The molecule has 1 aromatic carbocycles. The molecular formula is C19H24ClN5O. The number of aliphatic hydroxyl groups excluding tert-OH is 1. The first-order valence-electron chi connectivity index (χ1n) is 8.79. The fraction of sp³-hybridized carbons (Fsp3) is 0.421. The number of hydrogen-bond donors (Lipinski definition) is 2. The number of benzene rings is 1. The van der Waals surface area contributed by atoms with Crippen molar-refractivity contribution in [1.82, 2.24) is 14.9 Å². The molecule has 1 fully saturated rings. The summed E-state index contributed by atoms with van der Waals surface area (Å²) in [4.78, 5) is 15.0. The topological polar surface area (TPSA) is 87.6 Å². The molecule has 0 radical (unpaired) electrons. The van der Waals surface area contributed by atoms with Gasteiger partial charge < -0.3 is 10.8 Å². The number of aryl methyl sites for hydroxylation is 1. The van der Waals surface area contributed by atoms with Crippen LogP contribution in [-0.4, -0.2) is 51.9 Å². The van der Waals surface area contributed by atoms with Gasteiger partial charge in [0, 0.05) is 25.8 Å². The maximum atomic E-state index is 10.4. The number of halogens is 1. The molecule has 0 spiro atoms. The van der Waals surface area contributed by atoms with E-state index < -0.39 is 0 Å². The molecule has 26 heavy (non-hydrogen) atoms. The summed E-state index contributed by atoms with van der Waals surface area (Å²) in [5.41, 5.74) is 8.79. The van der Waals surface area contributed by atoms with Crippen LogP contribution in [0.2, 0.25) is 0 Å². The van der Waals surface area contributed by atoms with E-state index in [2.05, 4.69) is 44.1 Å². The van der Waals surface area contributed by atoms with Gasteiger partial charge in [-0.15, -0.1) is 12.4 Å². The van der Waals surface area contributed by atoms with E-state index >= 15 is 0 Å². The van der Waals surface area contributed by atoms with Crippen LogP contribution in [0.3, 0.4) is 0 Å². The largest absolute Gasteiger partial charge is 0.391 e. The van der Waals surface area contributed by atoms with E-state index in [0.29, 0.717) is 24.0 Å². The second-order valence-electron chi connectivity index (χ2n) is 6.95. The zero-order valence-corrected chi connectivity index (χ0v) is 15.3. The molecule has 138 valence electrons. The molecule has 3 heterocycles. The zero-order valence-electron chi connectivity index (χ0n) is 14.5. The van der Waals surface area contributed by atoms with Crippen molar-refractivity contribution >= 4 is 30.1 Å². The van der Waals surface area contributed by atoms with Gasteiger partial charge in [0.25, 0.3) is 0 Å². The van der Waals surface area contributed by atoms with E-state index in [4.69, 9.17) is 5.73 Å². The molecule has 1 aromatic heterocycles. The molecule has 1 unspecified atom stereocenters. The molecule has 3 N–H and O–H groups in total. The molecule has 2 aliphatic rings. The maximum Gasteiger partial charge on any atom is 0.153 e. The van der Waals surface area contributed by atoms with Gasteiger partial charge in [-0.2, -0.15) is 0 Å². The van der Waals surface area contributed by atoms with Crippen LogP contribution in [0.25, 0.3) is 0 Å². The van der Waals surface area contributed by atoms with Gasteiger partial charge in [0.05, 0.1) is 17.7 Å². The number of β-amino-alcohol motifs (C(OH)–C–C–N with tert-alkyl or cyclic N) is 1. The molecule has 7 heteroatoms. The van der Waals surface area contributed by atoms with E-state index in [1.54, 1.807) is 0 Å². The lowest BCUT2D eigenvalue weighted by atomic mass is 9.97. The fourth-order valence-corrected chi connectivity index (χ4v) is 3.83. The van der Waals surface area contributed by atoms with Gasteiger partial charge in [0.2, 0.25) is 0 Å². The number of likely N-dealkylation sites (tertiary alicyclic amines) is 1. The van der Waals surface area contributed by atoms with Gasteiger partial charge in [0.15, 0.2) is 5.82 Å². The Bertz CT molecular complexity index is 770. The second kappa shape index (κ2) is 8.12. The highest BCUT2D eigenvalue weighted by Gasteiger charge is 2.33. The van der Waals surface area contributed by atoms with Crippen molar-refractivity contribution in [1.29, 1.82) is 0 Å². The summed E-state index contributed by atoms with van der Waals surface area (Å²) in [5, 5.41) is 10.4. The van der Waals surface area contributed by atoms with Crippen LogP contribution < -0.4 is 5.73 Å². The molecule has 2 aliphatic heterocycles. The standard InChI is InChI=1S/C19H23N5O.ClH/c20-19-18-17(22-12-23-19)15(8-21-18)10-24-9-14(16(25)11-24)7-6-13-4-2-1-3-5-13;/h1-5,8,12,14-16,25H,6-7,9-11H2,(H2,20,22,23);1H/t14-,15?,16-;/m0./s1. The first-order valence-corrected chi connectivity index (χ1v) is 8.79. The number of fused-ring (bicyclic) bond motifs is 1. The third-order valence-electron chi connectivity index (χ3n) is 5.20. The van der Waals surface area contributed by atoms with Crippen molar-refractivity contribution in [2.45, 2.75) is 24.9 Å². The number of aromatic nitrogens is 2. The minimum absolute atomic E-state index is 0. The number of nitrogens with two attached hydrogens (primary N) is 1. The predicted molar refractivity (Wildman–Crippen MR) is 105 cm³/mol. The summed E-state index contributed by atoms with van der Waals surface area (Å²) < 4.78 is 0. The average Bonchev–Trinajstić information content (AvgIpc) is 3.19. The minimum atomic E-state index is -0.267. The van der Waals surface area contributed by atoms with Crippen LogP contribution in [-0.2, 0) is 6.42 Å². The molecule has 1 saturated heterocycles. The number of rotatable bonds is 5. The molecule has 4 rings (SSSR count). The van der Waals surface area contributed by atoms with Gasteiger partial charge >= 0.3 is 0 Å². The van der Waals surface area contributed by atoms with Crippen LogP contribution in [0.5, 0.6) is 0 Å². The van der Waals surface area contributed by atoms with Crippen molar-refractivity contribution in [2.75, 3.05) is 25.4 Å². The van der Waals surface area contributed by atoms with Crippen LogP contribution in [0.1, 0.15) is 23.6 Å². The lowest BCUT2D eigenvalue weighted by Gasteiger charge is -2.19. The highest BCUT2D eigenvalue weighted by Crippen LogP contribution is 2.35. The second-order valence-corrected chi connectivity index (χ2v) is 6.95. The number of anilines is 1. The summed E-state index contributed by atoms with van der Waals surface area (Å²) in [6, 6.07) is 10.5. The van der Waals surface area contributed by atoms with Gasteiger partial charge in [0.1, 0.15) is 12.0 Å². The van der Waals surface area contributed by atoms with Gasteiger partial charge in [-0.25, -0.2) is 9.97 Å². The number of hydrogen-bond acceptors (Lipinski definition) is 6. The van der Waals surface area contributed by atoms with E-state index in [0.717, 1.165) is 31.6 Å². The smallest absolute Gasteiger partial charge is 0.153 e. The number of aliphatic hydroxyl groups is 1. The number of nitrogen functional groups attached to an aromatic ring is 1. The average molecular weight is 374 g/mol. The van der Waals surface area contributed by atoms with Crippen molar-refractivity contribution in [3.8, 4) is 0 Å². The van der Waals surface area contributed by atoms with Gasteiger partial charge in [-0.1, -0.05) is 30.3 Å². The van der Waals surface area contributed by atoms with Crippen molar-refractivity contribution < 1.29 is 5.11 Å². The molecule has 3 atom stereocenters. The molecular weight excluding hydrogens is 350 g/mol. The summed E-state index contributed by atoms with van der Waals surface area (Å²) in [7, 11) is 0. The summed E-state index contributed by atoms with van der Waals surface area (Å²) >= 11 is 0. The van der Waals surface area contributed by atoms with Crippen LogP contribution >= 0.6 is 12.4 Å². The first kappa shape index (κ1) is 18.8. The monoisotopic (exact) mass is 373 g/mol. The molecule has 0 aliphatic carbocycles. The van der Waals surface area contributed by atoms with Crippen molar-refractivity contribution in [3.05, 3.63) is 47.9 Å². The lowest BCUT2D eigenvalue weighted by molar-refractivity contribution is 0.138. The lowest BCUT2D eigenvalue weighted by Crippen LogP contribution is -2.27. The van der Waals surface area contributed by atoms with E-state index in [1.165, 1.54) is 11.9 Å². The van der Waals surface area contributed by atoms with Crippen LogP contribution in [0, 0.1) is 5.92 Å². The van der Waals surface area contributed by atoms with Crippen molar-refractivity contribution in [3.63, 3.8) is 0 Å². The Morgan fingerprint density at radius 1 is 1.15 bits per heavy atom. The quantitative estimate of drug-likeness (QED) is 0.838. The van der Waals surface area contributed by atoms with Gasteiger partial charge in [-0.3, -0.25) is 9.89 Å². The van der Waals surface area contributed by atoms with Crippen LogP contribution in [0.4, 0.5) is 11.5 Å². The summed E-state index contributed by atoms with van der Waals surface area (Å²) in [6.07, 6.45) is 5.15. The zero-order chi connectivity index (χ0) is 17.2. The van der Waals surface area contributed by atoms with E-state index in [1.807, 2.05) is 12.3 Å². The van der Waals surface area contributed by atoms with Gasteiger partial charge in [-0.05, 0) is 24.3 Å². The Morgan fingerprint density at radius 2 is 1.96 bits per heavy atom. The first-order chi connectivity index (χ1) is 12.2. The van der Waals surface area contributed by atoms with E-state index in [9.17, 15) is 5.11 Å². The maximum absolute atomic E-state index is 10.4. The minimum Gasteiger partial charge on any atom is -0.391 e. The fourth-order valence-electron chi connectivity index (χ4n) is 3.83. The molecule has 0 bridgehead atoms. The third kappa shape index (κ3) is 3.87. The Labute approximate surface area is 159 Å². The third-order valence-corrected chi connectivity index (χ3v) is 5.20. The molecule has 6 nitrogen and oxygen atoms in total. The van der Waals surface area contributed by atoms with Crippen LogP contribution in [0.15, 0.2) is 41.7 Å². The van der Waals surface area contributed by atoms with Crippen molar-refractivity contribution in [2.24, 2.45) is 10.9 Å². The molecule has 0 amide bonds. The number of aliphatic imine (C=N–C) groups is 1. The Kier molecular flexibility index (Phi) is 5.86. The summed E-state index contributed by atoms with van der Waals surface area (Å²) in [6.45, 7) is 2.43. The molecule has 0 saturated carbocycles. The Balaban J connectivity index is 0.00000196. The van der Waals surface area contributed by atoms with E-state index in [-0.39, 0.29) is 24.4 Å². The SMILES string of the molecule is Cl.Nc1ncnc2c1N=CC2CN1C[C@H](CCc2ccccc2)[C@@H](O)C1. The highest BCUT2D eigenvalue weighted by atomic mass is 35.5. The molecule has 2 aromatic rings. The summed E-state index contributed by atoms with van der Waals surface area (Å²) in [5.74, 6) is 0.875. The Hall–Kier alpha value is -2.02.